The van der Waals surface area contributed by atoms with Crippen LogP contribution in [-0.4, -0.2) is 12.1 Å². The summed E-state index contributed by atoms with van der Waals surface area (Å²) in [6, 6.07) is 0. The Morgan fingerprint density at radius 1 is 1.54 bits per heavy atom. The summed E-state index contributed by atoms with van der Waals surface area (Å²) in [7, 11) is 0. The van der Waals surface area contributed by atoms with E-state index in [0.29, 0.717) is 0 Å². The number of carbonyl (C=O) groups is 1. The predicted molar refractivity (Wildman–Crippen MR) is 54.4 cm³/mol. The van der Waals surface area contributed by atoms with Crippen LogP contribution in [0.1, 0.15) is 40.5 Å². The van der Waals surface area contributed by atoms with Crippen molar-refractivity contribution in [1.82, 2.24) is 0 Å². The molecule has 0 aromatic rings. The van der Waals surface area contributed by atoms with E-state index < -0.39 is 0 Å². The first-order valence-corrected chi connectivity index (χ1v) is 4.83. The molecule has 0 amide bonds. The van der Waals surface area contributed by atoms with E-state index in [4.69, 9.17) is 4.74 Å². The zero-order chi connectivity index (χ0) is 10.5. The fourth-order valence-corrected chi connectivity index (χ4v) is 1.19. The quantitative estimate of drug-likeness (QED) is 0.485. The van der Waals surface area contributed by atoms with E-state index in [1.54, 1.807) is 0 Å². The lowest BCUT2D eigenvalue weighted by atomic mass is 9.80. The minimum absolute atomic E-state index is 0.0481. The highest BCUT2D eigenvalue weighted by Gasteiger charge is 2.29. The van der Waals surface area contributed by atoms with E-state index in [0.717, 1.165) is 12.8 Å². The third-order valence-electron chi connectivity index (χ3n) is 3.06. The number of hydrogen-bond donors (Lipinski definition) is 0. The molecule has 0 fully saturated rings. The Bertz CT molecular complexity index is 181. The number of carbonyl (C=O) groups excluding carboxylic acids is 1. The second-order valence-electron chi connectivity index (χ2n) is 3.64. The molecular weight excluding hydrogens is 164 g/mol. The molecule has 0 heterocycles. The van der Waals surface area contributed by atoms with Crippen LogP contribution in [-0.2, 0) is 9.53 Å². The van der Waals surface area contributed by atoms with Crippen LogP contribution >= 0.6 is 0 Å². The van der Waals surface area contributed by atoms with E-state index in [9.17, 15) is 4.79 Å². The van der Waals surface area contributed by atoms with Crippen LogP contribution in [0.2, 0.25) is 0 Å². The highest BCUT2D eigenvalue weighted by Crippen LogP contribution is 2.31. The Morgan fingerprint density at radius 3 is 2.31 bits per heavy atom. The zero-order valence-corrected chi connectivity index (χ0v) is 9.09. The van der Waals surface area contributed by atoms with Crippen molar-refractivity contribution >= 4 is 5.97 Å². The Hall–Kier alpha value is -0.790. The molecule has 0 bridgehead atoms. The summed E-state index contributed by atoms with van der Waals surface area (Å²) < 4.78 is 5.19. The Kier molecular flexibility index (Phi) is 4.74. The zero-order valence-electron chi connectivity index (χ0n) is 9.09. The number of rotatable bonds is 5. The van der Waals surface area contributed by atoms with Crippen molar-refractivity contribution in [3.63, 3.8) is 0 Å². The molecule has 0 aliphatic rings. The van der Waals surface area contributed by atoms with Gasteiger partial charge in [0.25, 0.3) is 0 Å². The van der Waals surface area contributed by atoms with Gasteiger partial charge >= 0.3 is 5.97 Å². The molecular formula is C11H20O2. The minimum Gasteiger partial charge on any atom is -0.459 e. The first-order chi connectivity index (χ1) is 6.00. The first kappa shape index (κ1) is 12.2. The van der Waals surface area contributed by atoms with Gasteiger partial charge in [0.2, 0.25) is 0 Å². The maximum Gasteiger partial charge on any atom is 0.330 e. The SMILES string of the molecule is C=CC(=O)OC(C)C(C)(CC)CC. The van der Waals surface area contributed by atoms with Crippen LogP contribution in [0.4, 0.5) is 0 Å². The van der Waals surface area contributed by atoms with Crippen LogP contribution in [0, 0.1) is 5.41 Å². The maximum absolute atomic E-state index is 11.0. The summed E-state index contributed by atoms with van der Waals surface area (Å²) in [4.78, 5) is 11.0. The van der Waals surface area contributed by atoms with Gasteiger partial charge in [0, 0.05) is 11.5 Å². The Balaban J connectivity index is 4.29. The molecule has 0 saturated carbocycles. The molecule has 1 atom stereocenters. The molecule has 2 nitrogen and oxygen atoms in total. The summed E-state index contributed by atoms with van der Waals surface area (Å²) in [5.41, 5.74) is 0.0820. The average molecular weight is 184 g/mol. The highest BCUT2D eigenvalue weighted by molar-refractivity contribution is 5.81. The summed E-state index contributed by atoms with van der Waals surface area (Å²) in [5, 5.41) is 0. The third kappa shape index (κ3) is 3.21. The summed E-state index contributed by atoms with van der Waals surface area (Å²) >= 11 is 0. The van der Waals surface area contributed by atoms with Crippen molar-refractivity contribution in [2.45, 2.75) is 46.6 Å². The van der Waals surface area contributed by atoms with Crippen molar-refractivity contribution in [3.05, 3.63) is 12.7 Å². The van der Waals surface area contributed by atoms with Gasteiger partial charge in [-0.3, -0.25) is 0 Å². The molecule has 0 saturated heterocycles. The molecule has 0 aromatic heterocycles. The molecule has 0 N–H and O–H groups in total. The van der Waals surface area contributed by atoms with Crippen molar-refractivity contribution in [3.8, 4) is 0 Å². The van der Waals surface area contributed by atoms with Crippen LogP contribution in [0.25, 0.3) is 0 Å². The van der Waals surface area contributed by atoms with E-state index in [2.05, 4.69) is 27.4 Å². The van der Waals surface area contributed by atoms with Crippen molar-refractivity contribution in [2.75, 3.05) is 0 Å². The molecule has 0 aliphatic carbocycles. The van der Waals surface area contributed by atoms with Crippen LogP contribution in [0.5, 0.6) is 0 Å². The lowest BCUT2D eigenvalue weighted by Crippen LogP contribution is -2.32. The van der Waals surface area contributed by atoms with Crippen LogP contribution in [0.3, 0.4) is 0 Å². The van der Waals surface area contributed by atoms with Gasteiger partial charge in [0.1, 0.15) is 6.10 Å². The van der Waals surface area contributed by atoms with E-state index in [1.165, 1.54) is 6.08 Å². The predicted octanol–water partition coefficient (Wildman–Crippen LogP) is 2.93. The fraction of sp³-hybridized carbons (Fsp3) is 0.727. The lowest BCUT2D eigenvalue weighted by Gasteiger charge is -2.32. The summed E-state index contributed by atoms with van der Waals surface area (Å²) in [6.07, 6.45) is 3.18. The molecule has 13 heavy (non-hydrogen) atoms. The minimum atomic E-state index is -0.333. The Labute approximate surface area is 81.0 Å². The van der Waals surface area contributed by atoms with Gasteiger partial charge in [-0.15, -0.1) is 0 Å². The number of esters is 1. The van der Waals surface area contributed by atoms with Gasteiger partial charge in [-0.1, -0.05) is 27.4 Å². The van der Waals surface area contributed by atoms with Gasteiger partial charge in [-0.25, -0.2) is 4.79 Å². The smallest absolute Gasteiger partial charge is 0.330 e. The van der Waals surface area contributed by atoms with Crippen molar-refractivity contribution in [2.24, 2.45) is 5.41 Å². The van der Waals surface area contributed by atoms with Crippen LogP contribution < -0.4 is 0 Å². The summed E-state index contributed by atoms with van der Waals surface area (Å²) in [6.45, 7) is 11.7. The fourth-order valence-electron chi connectivity index (χ4n) is 1.19. The average Bonchev–Trinajstić information content (AvgIpc) is 2.16. The lowest BCUT2D eigenvalue weighted by molar-refractivity contribution is -0.148. The Morgan fingerprint density at radius 2 is 2.00 bits per heavy atom. The summed E-state index contributed by atoms with van der Waals surface area (Å²) in [5.74, 6) is -0.333. The van der Waals surface area contributed by atoms with Gasteiger partial charge < -0.3 is 4.74 Å². The molecule has 0 aliphatic heterocycles. The van der Waals surface area contributed by atoms with E-state index in [1.807, 2.05) is 6.92 Å². The molecule has 2 heteroatoms. The van der Waals surface area contributed by atoms with Crippen molar-refractivity contribution in [1.29, 1.82) is 0 Å². The molecule has 0 rings (SSSR count). The second-order valence-corrected chi connectivity index (χ2v) is 3.64. The molecule has 0 spiro atoms. The second kappa shape index (κ2) is 5.05. The van der Waals surface area contributed by atoms with Gasteiger partial charge in [-0.05, 0) is 19.8 Å². The van der Waals surface area contributed by atoms with Gasteiger partial charge in [0.05, 0.1) is 0 Å². The van der Waals surface area contributed by atoms with E-state index in [-0.39, 0.29) is 17.5 Å². The topological polar surface area (TPSA) is 26.3 Å². The van der Waals surface area contributed by atoms with Crippen LogP contribution in [0.15, 0.2) is 12.7 Å². The van der Waals surface area contributed by atoms with Crippen molar-refractivity contribution < 1.29 is 9.53 Å². The first-order valence-electron chi connectivity index (χ1n) is 4.83. The molecule has 0 radical (unpaired) electrons. The standard InChI is InChI=1S/C11H20O2/c1-6-10(12)13-9(4)11(5,7-2)8-3/h6,9H,1,7-8H2,2-5H3. The highest BCUT2D eigenvalue weighted by atomic mass is 16.5. The van der Waals surface area contributed by atoms with Gasteiger partial charge in [-0.2, -0.15) is 0 Å². The molecule has 0 aromatic carbocycles. The van der Waals surface area contributed by atoms with Gasteiger partial charge in [0.15, 0.2) is 0 Å². The maximum atomic E-state index is 11.0. The molecule has 1 unspecified atom stereocenters. The normalized spacial score (nSPS) is 13.5. The largest absolute Gasteiger partial charge is 0.459 e. The monoisotopic (exact) mass is 184 g/mol. The molecule has 76 valence electrons. The number of hydrogen-bond acceptors (Lipinski definition) is 2. The third-order valence-corrected chi connectivity index (χ3v) is 3.06. The van der Waals surface area contributed by atoms with E-state index >= 15 is 0 Å². The number of ether oxygens (including phenoxy) is 1.